The van der Waals surface area contributed by atoms with Crippen molar-refractivity contribution in [3.8, 4) is 0 Å². The lowest BCUT2D eigenvalue weighted by molar-refractivity contribution is -0.274. The van der Waals surface area contributed by atoms with Gasteiger partial charge in [0, 0.05) is 39.1 Å². The first-order valence-electron chi connectivity index (χ1n) is 12.9. The van der Waals surface area contributed by atoms with E-state index >= 15 is 0 Å². The Balaban J connectivity index is 1.85. The van der Waals surface area contributed by atoms with Crippen molar-refractivity contribution in [2.45, 2.75) is 103 Å². The van der Waals surface area contributed by atoms with Gasteiger partial charge in [-0.25, -0.2) is 4.79 Å². The summed E-state index contributed by atoms with van der Waals surface area (Å²) >= 11 is 0. The zero-order valence-electron chi connectivity index (χ0n) is 21.6. The molecule has 3 fully saturated rings. The minimum absolute atomic E-state index is 0.0370. The number of ether oxygens (including phenoxy) is 3. The molecule has 1 N–H and O–H groups in total. The summed E-state index contributed by atoms with van der Waals surface area (Å²) in [6.07, 6.45) is 5.30. The normalized spacial score (nSPS) is 28.3. The number of carbonyl (C=O) groups excluding carboxylic acids is 3. The van der Waals surface area contributed by atoms with Crippen molar-refractivity contribution in [1.29, 1.82) is 0 Å². The van der Waals surface area contributed by atoms with Crippen LogP contribution in [0.2, 0.25) is 0 Å². The topological polar surface area (TPSA) is 97.4 Å². The van der Waals surface area contributed by atoms with Gasteiger partial charge in [0.25, 0.3) is 5.85 Å². The third-order valence-corrected chi connectivity index (χ3v) is 6.85. The van der Waals surface area contributed by atoms with Crippen LogP contribution in [-0.4, -0.2) is 84.0 Å². The molecule has 194 valence electrons. The molecule has 2 saturated heterocycles. The van der Waals surface area contributed by atoms with Gasteiger partial charge in [0.2, 0.25) is 5.91 Å². The molecule has 2 heterocycles. The third kappa shape index (κ3) is 6.49. The summed E-state index contributed by atoms with van der Waals surface area (Å²) in [6.45, 7) is 12.0. The van der Waals surface area contributed by atoms with Crippen LogP contribution in [0.4, 0.5) is 0 Å². The summed E-state index contributed by atoms with van der Waals surface area (Å²) in [5.74, 6) is -2.06. The first-order valence-corrected chi connectivity index (χ1v) is 12.9. The Labute approximate surface area is 203 Å². The molecular weight excluding hydrogens is 438 g/mol. The van der Waals surface area contributed by atoms with E-state index in [2.05, 4.69) is 15.1 Å². The zero-order valence-corrected chi connectivity index (χ0v) is 21.6. The molecule has 2 atom stereocenters. The van der Waals surface area contributed by atoms with Gasteiger partial charge in [-0.15, -0.1) is 0 Å². The summed E-state index contributed by atoms with van der Waals surface area (Å²) in [7, 11) is 0. The van der Waals surface area contributed by atoms with E-state index in [-0.39, 0.29) is 29.9 Å². The first kappa shape index (κ1) is 26.9. The van der Waals surface area contributed by atoms with E-state index in [1.807, 2.05) is 27.7 Å². The Morgan fingerprint density at radius 3 is 2.15 bits per heavy atom. The lowest BCUT2D eigenvalue weighted by Gasteiger charge is -2.48. The molecule has 1 unspecified atom stereocenters. The Kier molecular flexibility index (Phi) is 8.98. The van der Waals surface area contributed by atoms with Gasteiger partial charge in [0.05, 0.1) is 18.6 Å². The Bertz CT molecular complexity index is 725. The second kappa shape index (κ2) is 11.4. The van der Waals surface area contributed by atoms with Gasteiger partial charge in [0.15, 0.2) is 0 Å². The Hall–Kier alpha value is -1.71. The van der Waals surface area contributed by atoms with Crippen LogP contribution in [0.1, 0.15) is 79.6 Å². The van der Waals surface area contributed by atoms with Crippen molar-refractivity contribution in [2.75, 3.05) is 32.8 Å². The molecule has 34 heavy (non-hydrogen) atoms. The van der Waals surface area contributed by atoms with Gasteiger partial charge in [-0.2, -0.15) is 0 Å². The molecule has 0 spiro atoms. The second-order valence-electron chi connectivity index (χ2n) is 10.8. The number of nitrogens with one attached hydrogen (secondary N) is 1. The predicted octanol–water partition coefficient (Wildman–Crippen LogP) is 2.43. The Morgan fingerprint density at radius 2 is 1.59 bits per heavy atom. The van der Waals surface area contributed by atoms with E-state index in [4.69, 9.17) is 14.2 Å². The molecule has 0 aromatic rings. The van der Waals surface area contributed by atoms with Crippen LogP contribution in [0.25, 0.3) is 0 Å². The molecule has 0 radical (unpaired) electrons. The average molecular weight is 482 g/mol. The maximum absolute atomic E-state index is 13.9. The molecule has 0 aromatic heterocycles. The van der Waals surface area contributed by atoms with Crippen LogP contribution >= 0.6 is 0 Å². The minimum Gasteiger partial charge on any atom is -0.466 e. The summed E-state index contributed by atoms with van der Waals surface area (Å²) in [6, 6.07) is -0.0370. The first-order chi connectivity index (χ1) is 16.0. The number of hydrogen-bond donors (Lipinski definition) is 1. The van der Waals surface area contributed by atoms with Crippen LogP contribution in [0.3, 0.4) is 0 Å². The van der Waals surface area contributed by atoms with Gasteiger partial charge < -0.3 is 19.5 Å². The maximum atomic E-state index is 13.9. The smallest absolute Gasteiger partial charge is 0.371 e. The van der Waals surface area contributed by atoms with Crippen molar-refractivity contribution in [1.82, 2.24) is 15.1 Å². The molecule has 1 aliphatic carbocycles. The fraction of sp³-hybridized carbons (Fsp3) is 0.880. The van der Waals surface area contributed by atoms with Gasteiger partial charge in [-0.1, -0.05) is 0 Å². The zero-order chi connectivity index (χ0) is 24.9. The fourth-order valence-electron chi connectivity index (χ4n) is 5.37. The highest BCUT2D eigenvalue weighted by Crippen LogP contribution is 2.37. The minimum atomic E-state index is -1.33. The molecule has 3 rings (SSSR count). The highest BCUT2D eigenvalue weighted by atomic mass is 16.6. The number of amides is 1. The van der Waals surface area contributed by atoms with Gasteiger partial charge in [-0.3, -0.25) is 19.4 Å². The van der Waals surface area contributed by atoms with Crippen molar-refractivity contribution >= 4 is 17.8 Å². The highest BCUT2D eigenvalue weighted by molar-refractivity contribution is 5.79. The van der Waals surface area contributed by atoms with Crippen LogP contribution < -0.4 is 5.32 Å². The predicted molar refractivity (Wildman–Crippen MR) is 127 cm³/mol. The molecule has 9 nitrogen and oxygen atoms in total. The van der Waals surface area contributed by atoms with Crippen molar-refractivity contribution < 1.29 is 28.6 Å². The van der Waals surface area contributed by atoms with E-state index in [0.29, 0.717) is 45.4 Å². The highest BCUT2D eigenvalue weighted by Gasteiger charge is 2.56. The number of nitrogens with zero attached hydrogens (tertiary/aromatic N) is 2. The molecule has 1 amide bonds. The van der Waals surface area contributed by atoms with Crippen LogP contribution in [0, 0.1) is 5.92 Å². The Morgan fingerprint density at radius 1 is 0.941 bits per heavy atom. The van der Waals surface area contributed by atoms with Gasteiger partial charge in [0.1, 0.15) is 5.60 Å². The van der Waals surface area contributed by atoms with E-state index < -0.39 is 17.4 Å². The number of hydrogen-bond acceptors (Lipinski definition) is 8. The van der Waals surface area contributed by atoms with Gasteiger partial charge >= 0.3 is 11.9 Å². The quantitative estimate of drug-likeness (QED) is 0.528. The van der Waals surface area contributed by atoms with Crippen molar-refractivity contribution in [2.24, 2.45) is 5.92 Å². The molecule has 2 aliphatic heterocycles. The van der Waals surface area contributed by atoms with E-state index in [1.54, 1.807) is 0 Å². The van der Waals surface area contributed by atoms with Crippen molar-refractivity contribution in [3.05, 3.63) is 0 Å². The average Bonchev–Trinajstić information content (AvgIpc) is 3.44. The second-order valence-corrected chi connectivity index (χ2v) is 10.8. The SMILES string of the molecule is CCOC(=O)C1CCC(OC(C(=O)OC(C)(C)C)(N2CCCC2)N2CC[C@H](NC(C)=O)C2)CC1. The number of likely N-dealkylation sites (tertiary alicyclic amines) is 2. The maximum Gasteiger partial charge on any atom is 0.371 e. The monoisotopic (exact) mass is 481 g/mol. The van der Waals surface area contributed by atoms with E-state index in [9.17, 15) is 14.4 Å². The third-order valence-electron chi connectivity index (χ3n) is 6.85. The van der Waals surface area contributed by atoms with E-state index in [1.165, 1.54) is 6.92 Å². The lowest BCUT2D eigenvalue weighted by atomic mass is 9.87. The number of esters is 2. The van der Waals surface area contributed by atoms with Crippen LogP contribution in [0.15, 0.2) is 0 Å². The number of rotatable bonds is 8. The summed E-state index contributed by atoms with van der Waals surface area (Å²) in [4.78, 5) is 42.0. The molecule has 0 bridgehead atoms. The molecule has 3 aliphatic rings. The molecule has 1 saturated carbocycles. The fourth-order valence-corrected chi connectivity index (χ4v) is 5.37. The van der Waals surface area contributed by atoms with Crippen LogP contribution in [0.5, 0.6) is 0 Å². The molecular formula is C25H43N3O6. The largest absolute Gasteiger partial charge is 0.466 e. The van der Waals surface area contributed by atoms with Crippen LogP contribution in [-0.2, 0) is 28.6 Å². The lowest BCUT2D eigenvalue weighted by Crippen LogP contribution is -2.68. The summed E-state index contributed by atoms with van der Waals surface area (Å²) < 4.78 is 18.0. The summed E-state index contributed by atoms with van der Waals surface area (Å²) in [5, 5.41) is 3.00. The summed E-state index contributed by atoms with van der Waals surface area (Å²) in [5.41, 5.74) is -0.663. The van der Waals surface area contributed by atoms with Gasteiger partial charge in [-0.05, 0) is 72.6 Å². The van der Waals surface area contributed by atoms with E-state index in [0.717, 1.165) is 32.4 Å². The molecule has 0 aromatic carbocycles. The van der Waals surface area contributed by atoms with Crippen molar-refractivity contribution in [3.63, 3.8) is 0 Å². The number of carbonyl (C=O) groups is 3. The molecule has 9 heteroatoms. The standard InChI is InChI=1S/C25H43N3O6/c1-6-32-22(30)19-9-11-21(12-10-19)33-25(27-14-7-8-15-27,23(31)34-24(3,4)5)28-16-13-20(17-28)26-18(2)29/h19-21H,6-17H2,1-5H3,(H,26,29)/t19?,20-,21?,25?/m0/s1.